The third-order valence-electron chi connectivity index (χ3n) is 4.20. The van der Waals surface area contributed by atoms with Gasteiger partial charge in [-0.1, -0.05) is 6.07 Å². The van der Waals surface area contributed by atoms with Gasteiger partial charge in [0.25, 0.3) is 11.8 Å². The van der Waals surface area contributed by atoms with Crippen molar-refractivity contribution in [3.63, 3.8) is 0 Å². The van der Waals surface area contributed by atoms with Crippen LogP contribution in [-0.4, -0.2) is 47.8 Å². The molecule has 0 bridgehead atoms. The molecule has 0 aliphatic carbocycles. The first-order valence-electron chi connectivity index (χ1n) is 7.87. The van der Waals surface area contributed by atoms with Gasteiger partial charge in [0.05, 0.1) is 5.56 Å². The van der Waals surface area contributed by atoms with Gasteiger partial charge >= 0.3 is 0 Å². The van der Waals surface area contributed by atoms with Gasteiger partial charge < -0.3 is 9.80 Å². The average Bonchev–Trinajstić information content (AvgIpc) is 2.92. The molecule has 2 heterocycles. The summed E-state index contributed by atoms with van der Waals surface area (Å²) >= 11 is 1.62. The van der Waals surface area contributed by atoms with Crippen molar-refractivity contribution in [2.24, 2.45) is 0 Å². The van der Waals surface area contributed by atoms with E-state index in [2.05, 4.69) is 0 Å². The molecule has 0 saturated carbocycles. The Hall–Kier alpha value is -2.21. The topological polar surface area (TPSA) is 40.6 Å². The number of hydrogen-bond acceptors (Lipinski definition) is 3. The molecule has 1 aliphatic rings. The maximum atomic E-state index is 13.3. The molecule has 126 valence electrons. The van der Waals surface area contributed by atoms with Crippen LogP contribution in [-0.2, 0) is 0 Å². The van der Waals surface area contributed by atoms with E-state index in [1.807, 2.05) is 19.9 Å². The minimum Gasteiger partial charge on any atom is -0.335 e. The van der Waals surface area contributed by atoms with Crippen molar-refractivity contribution in [1.29, 1.82) is 0 Å². The highest BCUT2D eigenvalue weighted by Crippen LogP contribution is 2.22. The van der Waals surface area contributed by atoms with E-state index in [1.165, 1.54) is 18.2 Å². The fourth-order valence-corrected chi connectivity index (χ4v) is 3.85. The van der Waals surface area contributed by atoms with Gasteiger partial charge in [0, 0.05) is 41.5 Å². The fourth-order valence-electron chi connectivity index (χ4n) is 2.93. The molecule has 1 aliphatic heterocycles. The van der Waals surface area contributed by atoms with Gasteiger partial charge in [0.2, 0.25) is 0 Å². The molecule has 3 rings (SSSR count). The van der Waals surface area contributed by atoms with Gasteiger partial charge in [-0.3, -0.25) is 9.59 Å². The number of aryl methyl sites for hydroxylation is 2. The maximum absolute atomic E-state index is 13.3. The van der Waals surface area contributed by atoms with Crippen molar-refractivity contribution in [2.45, 2.75) is 13.8 Å². The zero-order valence-electron chi connectivity index (χ0n) is 13.7. The summed E-state index contributed by atoms with van der Waals surface area (Å²) in [4.78, 5) is 30.6. The summed E-state index contributed by atoms with van der Waals surface area (Å²) in [6.45, 7) is 5.85. The zero-order valence-corrected chi connectivity index (χ0v) is 14.5. The number of hydrogen-bond donors (Lipinski definition) is 0. The molecular weight excluding hydrogens is 327 g/mol. The van der Waals surface area contributed by atoms with Crippen LogP contribution in [0.1, 0.15) is 30.5 Å². The number of amides is 2. The smallest absolute Gasteiger partial charge is 0.255 e. The normalized spacial score (nSPS) is 14.8. The van der Waals surface area contributed by atoms with E-state index in [0.29, 0.717) is 31.7 Å². The van der Waals surface area contributed by atoms with Crippen LogP contribution in [0.2, 0.25) is 0 Å². The summed E-state index contributed by atoms with van der Waals surface area (Å²) in [5, 5.41) is 0. The first-order chi connectivity index (χ1) is 11.5. The molecule has 2 aromatic rings. The van der Waals surface area contributed by atoms with Crippen LogP contribution in [0.3, 0.4) is 0 Å². The lowest BCUT2D eigenvalue weighted by Crippen LogP contribution is -2.50. The number of rotatable bonds is 2. The lowest BCUT2D eigenvalue weighted by atomic mass is 10.1. The van der Waals surface area contributed by atoms with Crippen molar-refractivity contribution >= 4 is 23.2 Å². The van der Waals surface area contributed by atoms with Crippen LogP contribution >= 0.6 is 11.3 Å². The van der Waals surface area contributed by atoms with Gasteiger partial charge in [0.1, 0.15) is 5.82 Å². The second-order valence-corrected chi connectivity index (χ2v) is 7.38. The summed E-state index contributed by atoms with van der Waals surface area (Å²) in [7, 11) is 0. The molecule has 0 N–H and O–H groups in total. The highest BCUT2D eigenvalue weighted by Gasteiger charge is 2.26. The lowest BCUT2D eigenvalue weighted by molar-refractivity contribution is 0.0535. The first kappa shape index (κ1) is 16.6. The third-order valence-corrected chi connectivity index (χ3v) is 5.16. The number of carbonyl (C=O) groups excluding carboxylic acids is 2. The molecule has 0 radical (unpaired) electrons. The minimum atomic E-state index is -0.419. The van der Waals surface area contributed by atoms with E-state index in [0.717, 1.165) is 15.3 Å². The number of nitrogens with zero attached hydrogens (tertiary/aromatic N) is 2. The van der Waals surface area contributed by atoms with Crippen molar-refractivity contribution in [1.82, 2.24) is 9.80 Å². The molecule has 1 fully saturated rings. The largest absolute Gasteiger partial charge is 0.335 e. The van der Waals surface area contributed by atoms with Crippen molar-refractivity contribution in [3.05, 3.63) is 57.0 Å². The summed E-state index contributed by atoms with van der Waals surface area (Å²) in [5.41, 5.74) is 1.10. The lowest BCUT2D eigenvalue weighted by Gasteiger charge is -2.34. The number of thiophene rings is 1. The summed E-state index contributed by atoms with van der Waals surface area (Å²) in [5.74, 6) is -0.586. The van der Waals surface area contributed by atoms with Crippen molar-refractivity contribution in [3.8, 4) is 0 Å². The zero-order chi connectivity index (χ0) is 17.3. The van der Waals surface area contributed by atoms with Crippen molar-refractivity contribution < 1.29 is 14.0 Å². The monoisotopic (exact) mass is 346 g/mol. The molecule has 4 nitrogen and oxygen atoms in total. The van der Waals surface area contributed by atoms with E-state index >= 15 is 0 Å². The molecule has 1 aromatic heterocycles. The second kappa shape index (κ2) is 6.73. The Kier molecular flexibility index (Phi) is 4.66. The maximum Gasteiger partial charge on any atom is 0.255 e. The van der Waals surface area contributed by atoms with E-state index in [4.69, 9.17) is 0 Å². The van der Waals surface area contributed by atoms with Gasteiger partial charge in [-0.15, -0.1) is 11.3 Å². The number of halogens is 1. The molecule has 1 aromatic carbocycles. The Morgan fingerprint density at radius 1 is 1.00 bits per heavy atom. The Bertz CT molecular complexity index is 779. The van der Waals surface area contributed by atoms with Gasteiger partial charge in [-0.2, -0.15) is 0 Å². The van der Waals surface area contributed by atoms with E-state index in [9.17, 15) is 14.0 Å². The SMILES string of the molecule is Cc1cc(C(=O)N2CCN(C(=O)c3cccc(F)c3)CC2)c(C)s1. The number of benzene rings is 1. The minimum absolute atomic E-state index is 0.0229. The Morgan fingerprint density at radius 2 is 1.62 bits per heavy atom. The average molecular weight is 346 g/mol. The van der Waals surface area contributed by atoms with Crippen LogP contribution in [0.25, 0.3) is 0 Å². The summed E-state index contributed by atoms with van der Waals surface area (Å²) < 4.78 is 13.3. The second-order valence-electron chi connectivity index (χ2n) is 5.92. The molecule has 0 atom stereocenters. The Labute approximate surface area is 144 Å². The Balaban J connectivity index is 1.64. The fraction of sp³-hybridized carbons (Fsp3) is 0.333. The van der Waals surface area contributed by atoms with E-state index in [1.54, 1.807) is 27.2 Å². The van der Waals surface area contributed by atoms with Crippen LogP contribution in [0.4, 0.5) is 4.39 Å². The van der Waals surface area contributed by atoms with Gasteiger partial charge in [-0.25, -0.2) is 4.39 Å². The number of carbonyl (C=O) groups is 2. The predicted molar refractivity (Wildman–Crippen MR) is 92.0 cm³/mol. The standard InChI is InChI=1S/C18H19FN2O2S/c1-12-10-16(13(2)24-12)18(23)21-8-6-20(7-9-21)17(22)14-4-3-5-15(19)11-14/h3-5,10-11H,6-9H2,1-2H3. The van der Waals surface area contributed by atoms with Crippen LogP contribution in [0.15, 0.2) is 30.3 Å². The van der Waals surface area contributed by atoms with Gasteiger partial charge in [0.15, 0.2) is 0 Å². The van der Waals surface area contributed by atoms with Crippen LogP contribution in [0, 0.1) is 19.7 Å². The molecule has 1 saturated heterocycles. The third kappa shape index (κ3) is 3.33. The van der Waals surface area contributed by atoms with Crippen LogP contribution < -0.4 is 0 Å². The predicted octanol–water partition coefficient (Wildman–Crippen LogP) is 3.10. The molecule has 0 spiro atoms. The van der Waals surface area contributed by atoms with E-state index in [-0.39, 0.29) is 11.8 Å². The molecule has 6 heteroatoms. The van der Waals surface area contributed by atoms with E-state index < -0.39 is 5.82 Å². The summed E-state index contributed by atoms with van der Waals surface area (Å²) in [6.07, 6.45) is 0. The quantitative estimate of drug-likeness (QED) is 0.838. The molecule has 2 amide bonds. The van der Waals surface area contributed by atoms with Crippen LogP contribution in [0.5, 0.6) is 0 Å². The Morgan fingerprint density at radius 3 is 2.17 bits per heavy atom. The molecule has 24 heavy (non-hydrogen) atoms. The summed E-state index contributed by atoms with van der Waals surface area (Å²) in [6, 6.07) is 7.63. The molecule has 0 unspecified atom stereocenters. The van der Waals surface area contributed by atoms with Gasteiger partial charge in [-0.05, 0) is 38.1 Å². The molecular formula is C18H19FN2O2S. The first-order valence-corrected chi connectivity index (χ1v) is 8.68. The highest BCUT2D eigenvalue weighted by atomic mass is 32.1. The highest BCUT2D eigenvalue weighted by molar-refractivity contribution is 7.12. The number of piperazine rings is 1. The van der Waals surface area contributed by atoms with Crippen molar-refractivity contribution in [2.75, 3.05) is 26.2 Å².